The maximum atomic E-state index is 6.01. The summed E-state index contributed by atoms with van der Waals surface area (Å²) in [6, 6.07) is 13.7. The largest absolute Gasteiger partial charge is 0.493 e. The van der Waals surface area contributed by atoms with Crippen LogP contribution in [-0.2, 0) is 22.6 Å². The van der Waals surface area contributed by atoms with Gasteiger partial charge in [-0.2, -0.15) is 0 Å². The third kappa shape index (κ3) is 6.37. The van der Waals surface area contributed by atoms with Gasteiger partial charge in [0.15, 0.2) is 17.5 Å². The molecule has 156 valence electrons. The molecule has 7 heteroatoms. The molecule has 1 saturated heterocycles. The van der Waals surface area contributed by atoms with E-state index in [0.29, 0.717) is 36.7 Å². The van der Waals surface area contributed by atoms with Crippen LogP contribution in [-0.4, -0.2) is 39.5 Å². The van der Waals surface area contributed by atoms with E-state index in [1.54, 1.807) is 14.2 Å². The van der Waals surface area contributed by atoms with Crippen molar-refractivity contribution in [3.8, 4) is 11.5 Å². The van der Waals surface area contributed by atoms with E-state index in [9.17, 15) is 0 Å². The first-order valence-corrected chi connectivity index (χ1v) is 9.74. The summed E-state index contributed by atoms with van der Waals surface area (Å²) < 4.78 is 21.8. The predicted octanol–water partition coefficient (Wildman–Crippen LogP) is 3.33. The van der Waals surface area contributed by atoms with Gasteiger partial charge in [-0.25, -0.2) is 4.99 Å². The van der Waals surface area contributed by atoms with Crippen LogP contribution in [0.3, 0.4) is 0 Å². The molecule has 0 radical (unpaired) electrons. The average Bonchev–Trinajstić information content (AvgIpc) is 2.77. The van der Waals surface area contributed by atoms with E-state index in [0.717, 1.165) is 42.9 Å². The number of hydrogen-bond donors (Lipinski definition) is 2. The highest BCUT2D eigenvalue weighted by molar-refractivity contribution is 5.92. The summed E-state index contributed by atoms with van der Waals surface area (Å²) in [5, 5.41) is 3.07. The SMILES string of the molecule is COc1ccc(NC(N)=NCc2ccc(COC3CCOCC3)cc2)cc1OC. The van der Waals surface area contributed by atoms with Crippen molar-refractivity contribution in [3.05, 3.63) is 53.6 Å². The smallest absolute Gasteiger partial charge is 0.193 e. The van der Waals surface area contributed by atoms with Gasteiger partial charge in [0.05, 0.1) is 33.5 Å². The van der Waals surface area contributed by atoms with Gasteiger partial charge in [0.1, 0.15) is 0 Å². The second kappa shape index (κ2) is 10.7. The van der Waals surface area contributed by atoms with E-state index in [-0.39, 0.29) is 0 Å². The minimum absolute atomic E-state index is 0.301. The zero-order valence-electron chi connectivity index (χ0n) is 17.0. The number of rotatable bonds is 8. The zero-order valence-corrected chi connectivity index (χ0v) is 17.0. The van der Waals surface area contributed by atoms with Gasteiger partial charge < -0.3 is 30.0 Å². The van der Waals surface area contributed by atoms with Gasteiger partial charge in [0.2, 0.25) is 0 Å². The van der Waals surface area contributed by atoms with Gasteiger partial charge in [0, 0.05) is 25.0 Å². The maximum absolute atomic E-state index is 6.01. The molecule has 0 aromatic heterocycles. The van der Waals surface area contributed by atoms with E-state index < -0.39 is 0 Å². The summed E-state index contributed by atoms with van der Waals surface area (Å²) in [7, 11) is 3.19. The molecule has 2 aromatic carbocycles. The molecular formula is C22H29N3O4. The summed E-state index contributed by atoms with van der Waals surface area (Å²) in [6.45, 7) is 2.70. The van der Waals surface area contributed by atoms with Crippen molar-refractivity contribution >= 4 is 11.6 Å². The van der Waals surface area contributed by atoms with Crippen molar-refractivity contribution in [2.24, 2.45) is 10.7 Å². The quantitative estimate of drug-likeness (QED) is 0.523. The lowest BCUT2D eigenvalue weighted by Crippen LogP contribution is -2.23. The Balaban J connectivity index is 1.49. The lowest BCUT2D eigenvalue weighted by Gasteiger charge is -2.22. The highest BCUT2D eigenvalue weighted by Gasteiger charge is 2.13. The molecule has 3 N–H and O–H groups in total. The Labute approximate surface area is 171 Å². The summed E-state index contributed by atoms with van der Waals surface area (Å²) in [6.07, 6.45) is 2.24. The molecule has 3 rings (SSSR count). The summed E-state index contributed by atoms with van der Waals surface area (Å²) in [4.78, 5) is 4.40. The Bertz CT molecular complexity index is 802. The Kier molecular flexibility index (Phi) is 7.72. The van der Waals surface area contributed by atoms with E-state index in [1.165, 1.54) is 0 Å². The molecule has 29 heavy (non-hydrogen) atoms. The average molecular weight is 399 g/mol. The standard InChI is InChI=1S/C22H29N3O4/c1-26-20-8-7-18(13-21(20)27-2)25-22(23)24-14-16-3-5-17(6-4-16)15-29-19-9-11-28-12-10-19/h3-8,13,19H,9-12,14-15H2,1-2H3,(H3,23,24,25). The van der Waals surface area contributed by atoms with Crippen LogP contribution >= 0.6 is 0 Å². The lowest BCUT2D eigenvalue weighted by atomic mass is 10.1. The lowest BCUT2D eigenvalue weighted by molar-refractivity contribution is -0.0390. The van der Waals surface area contributed by atoms with Gasteiger partial charge in [-0.3, -0.25) is 0 Å². The van der Waals surface area contributed by atoms with Crippen molar-refractivity contribution in [2.75, 3.05) is 32.8 Å². The maximum Gasteiger partial charge on any atom is 0.193 e. The molecule has 2 aromatic rings. The van der Waals surface area contributed by atoms with Crippen LogP contribution in [0.5, 0.6) is 11.5 Å². The minimum atomic E-state index is 0.301. The van der Waals surface area contributed by atoms with Crippen molar-refractivity contribution in [1.29, 1.82) is 0 Å². The van der Waals surface area contributed by atoms with Gasteiger partial charge in [0.25, 0.3) is 0 Å². The molecule has 0 spiro atoms. The number of benzene rings is 2. The third-order valence-corrected chi connectivity index (χ3v) is 4.76. The number of nitrogens with two attached hydrogens (primary N) is 1. The molecule has 0 aliphatic carbocycles. The van der Waals surface area contributed by atoms with Crippen LogP contribution in [0.4, 0.5) is 5.69 Å². The first-order chi connectivity index (χ1) is 14.2. The fraction of sp³-hybridized carbons (Fsp3) is 0.409. The summed E-state index contributed by atoms with van der Waals surface area (Å²) in [5.41, 5.74) is 9.03. The number of guanidine groups is 1. The van der Waals surface area contributed by atoms with Gasteiger partial charge in [-0.15, -0.1) is 0 Å². The Morgan fingerprint density at radius 3 is 2.41 bits per heavy atom. The molecule has 0 unspecified atom stereocenters. The molecule has 7 nitrogen and oxygen atoms in total. The van der Waals surface area contributed by atoms with Crippen LogP contribution in [0.25, 0.3) is 0 Å². The molecule has 0 atom stereocenters. The first-order valence-electron chi connectivity index (χ1n) is 9.74. The number of nitrogens with zero attached hydrogens (tertiary/aromatic N) is 1. The van der Waals surface area contributed by atoms with E-state index in [1.807, 2.05) is 18.2 Å². The Hall–Kier alpha value is -2.77. The molecule has 1 aliphatic rings. The molecule has 1 heterocycles. The van der Waals surface area contributed by atoms with Crippen LogP contribution in [0.2, 0.25) is 0 Å². The second-order valence-corrected chi connectivity index (χ2v) is 6.84. The van der Waals surface area contributed by atoms with Gasteiger partial charge in [-0.05, 0) is 36.1 Å². The molecule has 0 bridgehead atoms. The van der Waals surface area contributed by atoms with Crippen molar-refractivity contribution in [3.63, 3.8) is 0 Å². The monoisotopic (exact) mass is 399 g/mol. The third-order valence-electron chi connectivity index (χ3n) is 4.76. The molecule has 1 aliphatic heterocycles. The fourth-order valence-electron chi connectivity index (χ4n) is 3.08. The van der Waals surface area contributed by atoms with Crippen LogP contribution in [0, 0.1) is 0 Å². The Morgan fingerprint density at radius 2 is 1.72 bits per heavy atom. The highest BCUT2D eigenvalue weighted by Crippen LogP contribution is 2.29. The number of anilines is 1. The van der Waals surface area contributed by atoms with Gasteiger partial charge >= 0.3 is 0 Å². The number of nitrogens with one attached hydrogen (secondary N) is 1. The van der Waals surface area contributed by atoms with E-state index >= 15 is 0 Å². The van der Waals surface area contributed by atoms with E-state index in [2.05, 4.69) is 34.6 Å². The van der Waals surface area contributed by atoms with Crippen molar-refractivity contribution in [2.45, 2.75) is 32.1 Å². The number of hydrogen-bond acceptors (Lipinski definition) is 5. The summed E-state index contributed by atoms with van der Waals surface area (Å²) >= 11 is 0. The summed E-state index contributed by atoms with van der Waals surface area (Å²) in [5.74, 6) is 1.63. The van der Waals surface area contributed by atoms with E-state index in [4.69, 9.17) is 24.7 Å². The molecule has 1 fully saturated rings. The van der Waals surface area contributed by atoms with Crippen LogP contribution in [0.15, 0.2) is 47.5 Å². The number of ether oxygens (including phenoxy) is 4. The number of aliphatic imine (C=N–C) groups is 1. The van der Waals surface area contributed by atoms with Crippen molar-refractivity contribution < 1.29 is 18.9 Å². The Morgan fingerprint density at radius 1 is 1.03 bits per heavy atom. The fourth-order valence-corrected chi connectivity index (χ4v) is 3.08. The zero-order chi connectivity index (χ0) is 20.5. The van der Waals surface area contributed by atoms with Gasteiger partial charge in [-0.1, -0.05) is 24.3 Å². The predicted molar refractivity (Wildman–Crippen MR) is 114 cm³/mol. The molecule has 0 saturated carbocycles. The van der Waals surface area contributed by atoms with Crippen LogP contribution < -0.4 is 20.5 Å². The second-order valence-electron chi connectivity index (χ2n) is 6.84. The first kappa shape index (κ1) is 21.0. The highest BCUT2D eigenvalue weighted by atomic mass is 16.5. The topological polar surface area (TPSA) is 87.3 Å². The van der Waals surface area contributed by atoms with Crippen molar-refractivity contribution in [1.82, 2.24) is 0 Å². The molecule has 0 amide bonds. The number of methoxy groups -OCH3 is 2. The molecular weight excluding hydrogens is 370 g/mol. The van der Waals surface area contributed by atoms with Crippen LogP contribution in [0.1, 0.15) is 24.0 Å². The normalized spacial score (nSPS) is 15.2. The minimum Gasteiger partial charge on any atom is -0.493 e.